The molecule has 0 aromatic rings. The molecule has 2 unspecified atom stereocenters. The van der Waals surface area contributed by atoms with Gasteiger partial charge in [-0.2, -0.15) is 0 Å². The molecule has 17 heavy (non-hydrogen) atoms. The van der Waals surface area contributed by atoms with Gasteiger partial charge in [-0.1, -0.05) is 19.8 Å². The van der Waals surface area contributed by atoms with Crippen molar-refractivity contribution >= 4 is 5.97 Å². The number of nitrogens with one attached hydrogen (secondary N) is 1. The lowest BCUT2D eigenvalue weighted by molar-refractivity contribution is -0.144. The number of carbonyl (C=O) groups excluding carboxylic acids is 1. The van der Waals surface area contributed by atoms with E-state index in [0.29, 0.717) is 25.2 Å². The summed E-state index contributed by atoms with van der Waals surface area (Å²) < 4.78 is 5.12. The van der Waals surface area contributed by atoms with E-state index in [1.54, 1.807) is 0 Å². The Bertz CT molecular complexity index is 223. The first-order valence-electron chi connectivity index (χ1n) is 6.82. The van der Waals surface area contributed by atoms with Crippen molar-refractivity contribution in [3.8, 4) is 0 Å². The van der Waals surface area contributed by atoms with Crippen LogP contribution in [0.3, 0.4) is 0 Å². The average Bonchev–Trinajstić information content (AvgIpc) is 2.29. The van der Waals surface area contributed by atoms with E-state index in [9.17, 15) is 4.79 Å². The molecule has 1 heterocycles. The molecule has 0 amide bonds. The SMILES string of the molecule is CCCCOC(=O)CNN1C(C)CCCC1C. The highest BCUT2D eigenvalue weighted by atomic mass is 16.5. The van der Waals surface area contributed by atoms with Gasteiger partial charge in [0.15, 0.2) is 0 Å². The van der Waals surface area contributed by atoms with E-state index in [2.05, 4.69) is 31.2 Å². The second-order valence-electron chi connectivity index (χ2n) is 4.95. The van der Waals surface area contributed by atoms with Crippen LogP contribution in [0, 0.1) is 0 Å². The molecule has 1 rings (SSSR count). The van der Waals surface area contributed by atoms with Gasteiger partial charge in [-0.05, 0) is 33.1 Å². The molecule has 0 aromatic carbocycles. The van der Waals surface area contributed by atoms with Gasteiger partial charge in [0.25, 0.3) is 0 Å². The number of nitrogens with zero attached hydrogens (tertiary/aromatic N) is 1. The average molecular weight is 242 g/mol. The van der Waals surface area contributed by atoms with E-state index in [4.69, 9.17) is 4.74 Å². The number of ether oxygens (including phenoxy) is 1. The standard InChI is InChI=1S/C13H26N2O2/c1-4-5-9-17-13(16)10-14-15-11(2)7-6-8-12(15)3/h11-12,14H,4-10H2,1-3H3. The van der Waals surface area contributed by atoms with Crippen LogP contribution >= 0.6 is 0 Å². The largest absolute Gasteiger partial charge is 0.465 e. The van der Waals surface area contributed by atoms with Crippen molar-refractivity contribution in [2.75, 3.05) is 13.2 Å². The molecule has 100 valence electrons. The maximum absolute atomic E-state index is 11.5. The van der Waals surface area contributed by atoms with Crippen LogP contribution in [-0.2, 0) is 9.53 Å². The second-order valence-corrected chi connectivity index (χ2v) is 4.95. The first-order chi connectivity index (χ1) is 8.15. The number of carbonyl (C=O) groups is 1. The molecule has 1 fully saturated rings. The Morgan fingerprint density at radius 3 is 2.59 bits per heavy atom. The maximum atomic E-state index is 11.5. The van der Waals surface area contributed by atoms with Crippen LogP contribution in [0.4, 0.5) is 0 Å². The number of esters is 1. The van der Waals surface area contributed by atoms with Crippen molar-refractivity contribution in [2.24, 2.45) is 0 Å². The van der Waals surface area contributed by atoms with Crippen LogP contribution in [0.5, 0.6) is 0 Å². The molecule has 4 nitrogen and oxygen atoms in total. The summed E-state index contributed by atoms with van der Waals surface area (Å²) in [4.78, 5) is 11.5. The highest BCUT2D eigenvalue weighted by Crippen LogP contribution is 2.19. The van der Waals surface area contributed by atoms with Gasteiger partial charge in [0, 0.05) is 12.1 Å². The predicted molar refractivity (Wildman–Crippen MR) is 68.5 cm³/mol. The minimum absolute atomic E-state index is 0.150. The molecule has 0 bridgehead atoms. The molecular weight excluding hydrogens is 216 g/mol. The normalized spacial score (nSPS) is 25.8. The summed E-state index contributed by atoms with van der Waals surface area (Å²) in [5.41, 5.74) is 3.21. The first-order valence-corrected chi connectivity index (χ1v) is 6.82. The number of rotatable bonds is 6. The lowest BCUT2D eigenvalue weighted by atomic mass is 10.00. The van der Waals surface area contributed by atoms with E-state index < -0.39 is 0 Å². The van der Waals surface area contributed by atoms with Crippen molar-refractivity contribution in [2.45, 2.75) is 65.0 Å². The van der Waals surface area contributed by atoms with Crippen LogP contribution in [0.1, 0.15) is 52.9 Å². The summed E-state index contributed by atoms with van der Waals surface area (Å²) in [6.45, 7) is 7.32. The predicted octanol–water partition coefficient (Wildman–Crippen LogP) is 2.10. The number of hydrogen-bond donors (Lipinski definition) is 1. The van der Waals surface area contributed by atoms with Gasteiger partial charge in [-0.15, -0.1) is 0 Å². The molecule has 0 spiro atoms. The van der Waals surface area contributed by atoms with Crippen LogP contribution < -0.4 is 5.43 Å². The van der Waals surface area contributed by atoms with E-state index in [-0.39, 0.29) is 5.97 Å². The number of hydrogen-bond acceptors (Lipinski definition) is 4. The van der Waals surface area contributed by atoms with Gasteiger partial charge in [0.2, 0.25) is 0 Å². The van der Waals surface area contributed by atoms with Gasteiger partial charge in [-0.25, -0.2) is 10.4 Å². The Kier molecular flexibility index (Phi) is 6.52. The minimum atomic E-state index is -0.150. The van der Waals surface area contributed by atoms with Crippen molar-refractivity contribution in [1.29, 1.82) is 0 Å². The van der Waals surface area contributed by atoms with Gasteiger partial charge >= 0.3 is 5.97 Å². The Labute approximate surface area is 105 Å². The van der Waals surface area contributed by atoms with Crippen LogP contribution in [0.2, 0.25) is 0 Å². The highest BCUT2D eigenvalue weighted by molar-refractivity contribution is 5.71. The Balaban J connectivity index is 2.21. The zero-order chi connectivity index (χ0) is 12.7. The minimum Gasteiger partial charge on any atom is -0.465 e. The molecule has 1 saturated heterocycles. The van der Waals surface area contributed by atoms with Crippen molar-refractivity contribution in [3.63, 3.8) is 0 Å². The van der Waals surface area contributed by atoms with E-state index in [1.807, 2.05) is 0 Å². The molecule has 4 heteroatoms. The number of piperidine rings is 1. The first kappa shape index (κ1) is 14.5. The smallest absolute Gasteiger partial charge is 0.321 e. The maximum Gasteiger partial charge on any atom is 0.321 e. The lowest BCUT2D eigenvalue weighted by Crippen LogP contribution is -2.53. The molecule has 0 aromatic heterocycles. The van der Waals surface area contributed by atoms with Gasteiger partial charge < -0.3 is 4.74 Å². The fraction of sp³-hybridized carbons (Fsp3) is 0.923. The summed E-state index contributed by atoms with van der Waals surface area (Å²) in [7, 11) is 0. The van der Waals surface area contributed by atoms with Crippen molar-refractivity contribution < 1.29 is 9.53 Å². The third-order valence-corrected chi connectivity index (χ3v) is 3.36. The summed E-state index contributed by atoms with van der Waals surface area (Å²) >= 11 is 0. The van der Waals surface area contributed by atoms with Crippen molar-refractivity contribution in [1.82, 2.24) is 10.4 Å². The molecule has 0 saturated carbocycles. The second kappa shape index (κ2) is 7.67. The fourth-order valence-corrected chi connectivity index (χ4v) is 2.27. The highest BCUT2D eigenvalue weighted by Gasteiger charge is 2.24. The van der Waals surface area contributed by atoms with Crippen LogP contribution in [0.15, 0.2) is 0 Å². The zero-order valence-electron chi connectivity index (χ0n) is 11.4. The zero-order valence-corrected chi connectivity index (χ0v) is 11.4. The Morgan fingerprint density at radius 1 is 1.35 bits per heavy atom. The molecule has 0 aliphatic carbocycles. The summed E-state index contributed by atoms with van der Waals surface area (Å²) in [5, 5.41) is 2.20. The molecular formula is C13H26N2O2. The molecule has 1 N–H and O–H groups in total. The third-order valence-electron chi connectivity index (χ3n) is 3.36. The monoisotopic (exact) mass is 242 g/mol. The van der Waals surface area contributed by atoms with E-state index in [0.717, 1.165) is 12.8 Å². The molecule has 1 aliphatic rings. The molecule has 0 radical (unpaired) electrons. The molecule has 1 aliphatic heterocycles. The van der Waals surface area contributed by atoms with Gasteiger partial charge in [0.1, 0.15) is 6.54 Å². The fourth-order valence-electron chi connectivity index (χ4n) is 2.27. The van der Waals surface area contributed by atoms with Crippen LogP contribution in [-0.4, -0.2) is 36.2 Å². The lowest BCUT2D eigenvalue weighted by Gasteiger charge is -2.38. The number of hydrazine groups is 1. The van der Waals surface area contributed by atoms with Gasteiger partial charge in [-0.3, -0.25) is 4.79 Å². The third kappa shape index (κ3) is 5.04. The Hall–Kier alpha value is -0.610. The topological polar surface area (TPSA) is 41.6 Å². The van der Waals surface area contributed by atoms with E-state index in [1.165, 1.54) is 19.3 Å². The van der Waals surface area contributed by atoms with E-state index >= 15 is 0 Å². The molecule has 2 atom stereocenters. The summed E-state index contributed by atoms with van der Waals surface area (Å²) in [5.74, 6) is -0.150. The number of unbranched alkanes of at least 4 members (excludes halogenated alkanes) is 1. The Morgan fingerprint density at radius 2 is 2.00 bits per heavy atom. The summed E-state index contributed by atoms with van der Waals surface area (Å²) in [6, 6.07) is 1.00. The summed E-state index contributed by atoms with van der Waals surface area (Å²) in [6.07, 6.45) is 5.68. The quantitative estimate of drug-likeness (QED) is 0.572. The van der Waals surface area contributed by atoms with Crippen LogP contribution in [0.25, 0.3) is 0 Å². The van der Waals surface area contributed by atoms with Gasteiger partial charge in [0.05, 0.1) is 6.61 Å². The van der Waals surface area contributed by atoms with Crippen molar-refractivity contribution in [3.05, 3.63) is 0 Å².